The van der Waals surface area contributed by atoms with Gasteiger partial charge >= 0.3 is 0 Å². The summed E-state index contributed by atoms with van der Waals surface area (Å²) in [6.07, 6.45) is 9.99. The quantitative estimate of drug-likeness (QED) is 0.693. The predicted molar refractivity (Wildman–Crippen MR) is 49.5 cm³/mol. The van der Waals surface area contributed by atoms with Crippen molar-refractivity contribution < 1.29 is 0 Å². The SMILES string of the molecule is c1nnc(C2CCCC2)n1C1CC1. The summed E-state index contributed by atoms with van der Waals surface area (Å²) in [7, 11) is 0. The molecule has 3 rings (SSSR count). The average Bonchev–Trinajstić information content (AvgIpc) is 2.72. The number of hydrogen-bond donors (Lipinski definition) is 0. The van der Waals surface area contributed by atoms with Gasteiger partial charge in [0.15, 0.2) is 0 Å². The number of rotatable bonds is 2. The second-order valence-corrected chi connectivity index (χ2v) is 4.31. The molecule has 0 N–H and O–H groups in total. The Morgan fingerprint density at radius 1 is 1.15 bits per heavy atom. The highest BCUT2D eigenvalue weighted by molar-refractivity contribution is 5.03. The molecule has 0 aliphatic heterocycles. The fraction of sp³-hybridized carbons (Fsp3) is 0.800. The lowest BCUT2D eigenvalue weighted by Crippen LogP contribution is -2.04. The lowest BCUT2D eigenvalue weighted by molar-refractivity contribution is 0.591. The minimum absolute atomic E-state index is 0.711. The van der Waals surface area contributed by atoms with E-state index in [2.05, 4.69) is 14.8 Å². The van der Waals surface area contributed by atoms with Crippen molar-refractivity contribution in [3.63, 3.8) is 0 Å². The van der Waals surface area contributed by atoms with Crippen LogP contribution in [0, 0.1) is 0 Å². The van der Waals surface area contributed by atoms with E-state index < -0.39 is 0 Å². The minimum Gasteiger partial charge on any atom is -0.314 e. The van der Waals surface area contributed by atoms with E-state index in [0.29, 0.717) is 5.92 Å². The molecule has 0 atom stereocenters. The average molecular weight is 177 g/mol. The molecule has 1 heterocycles. The maximum absolute atomic E-state index is 4.27. The van der Waals surface area contributed by atoms with Gasteiger partial charge in [-0.2, -0.15) is 0 Å². The minimum atomic E-state index is 0.711. The van der Waals surface area contributed by atoms with Crippen molar-refractivity contribution in [2.45, 2.75) is 50.5 Å². The third kappa shape index (κ3) is 1.26. The van der Waals surface area contributed by atoms with Gasteiger partial charge in [-0.3, -0.25) is 0 Å². The molecule has 2 saturated carbocycles. The first-order valence-corrected chi connectivity index (χ1v) is 5.34. The normalized spacial score (nSPS) is 24.0. The molecule has 0 spiro atoms. The van der Waals surface area contributed by atoms with Gasteiger partial charge in [-0.1, -0.05) is 12.8 Å². The summed E-state index contributed by atoms with van der Waals surface area (Å²) < 4.78 is 2.32. The number of nitrogens with zero attached hydrogens (tertiary/aromatic N) is 3. The van der Waals surface area contributed by atoms with Crippen molar-refractivity contribution in [1.82, 2.24) is 14.8 Å². The molecule has 1 aromatic rings. The molecule has 0 unspecified atom stereocenters. The fourth-order valence-corrected chi connectivity index (χ4v) is 2.36. The Hall–Kier alpha value is -0.860. The molecule has 2 aliphatic carbocycles. The lowest BCUT2D eigenvalue weighted by Gasteiger charge is -2.09. The van der Waals surface area contributed by atoms with Crippen LogP contribution >= 0.6 is 0 Å². The van der Waals surface area contributed by atoms with E-state index in [0.717, 1.165) is 6.04 Å². The van der Waals surface area contributed by atoms with Crippen molar-refractivity contribution in [2.75, 3.05) is 0 Å². The molecule has 3 nitrogen and oxygen atoms in total. The van der Waals surface area contributed by atoms with E-state index in [1.165, 1.54) is 44.3 Å². The second kappa shape index (κ2) is 2.82. The zero-order chi connectivity index (χ0) is 8.67. The van der Waals surface area contributed by atoms with Crippen LogP contribution in [-0.4, -0.2) is 14.8 Å². The van der Waals surface area contributed by atoms with Crippen LogP contribution in [0.2, 0.25) is 0 Å². The molecule has 70 valence electrons. The van der Waals surface area contributed by atoms with E-state index in [9.17, 15) is 0 Å². The molecule has 13 heavy (non-hydrogen) atoms. The maximum atomic E-state index is 4.27. The van der Waals surface area contributed by atoms with Gasteiger partial charge in [0.2, 0.25) is 0 Å². The van der Waals surface area contributed by atoms with Gasteiger partial charge in [0.1, 0.15) is 12.2 Å². The molecule has 1 aromatic heterocycles. The first kappa shape index (κ1) is 7.54. The predicted octanol–water partition coefficient (Wildman–Crippen LogP) is 2.27. The zero-order valence-electron chi connectivity index (χ0n) is 7.82. The van der Waals surface area contributed by atoms with Gasteiger partial charge < -0.3 is 4.57 Å². The molecule has 2 fully saturated rings. The summed E-state index contributed by atoms with van der Waals surface area (Å²) >= 11 is 0. The Bertz CT molecular complexity index is 295. The first-order valence-electron chi connectivity index (χ1n) is 5.34. The lowest BCUT2D eigenvalue weighted by atomic mass is 10.1. The van der Waals surface area contributed by atoms with Crippen LogP contribution in [0.5, 0.6) is 0 Å². The highest BCUT2D eigenvalue weighted by Gasteiger charge is 2.30. The van der Waals surface area contributed by atoms with Gasteiger partial charge in [0, 0.05) is 12.0 Å². The van der Waals surface area contributed by atoms with Gasteiger partial charge in [0.25, 0.3) is 0 Å². The van der Waals surface area contributed by atoms with Crippen LogP contribution in [0.1, 0.15) is 56.3 Å². The molecule has 0 saturated heterocycles. The van der Waals surface area contributed by atoms with Gasteiger partial charge in [-0.25, -0.2) is 0 Å². The molecule has 0 radical (unpaired) electrons. The molecule has 3 heteroatoms. The summed E-state index contributed by atoms with van der Waals surface area (Å²) in [6.45, 7) is 0. The van der Waals surface area contributed by atoms with Crippen LogP contribution in [0.25, 0.3) is 0 Å². The van der Waals surface area contributed by atoms with Crippen molar-refractivity contribution in [3.05, 3.63) is 12.2 Å². The van der Waals surface area contributed by atoms with E-state index in [1.54, 1.807) is 0 Å². The van der Waals surface area contributed by atoms with Gasteiger partial charge in [0.05, 0.1) is 0 Å². The Balaban J connectivity index is 1.88. The van der Waals surface area contributed by atoms with Crippen molar-refractivity contribution in [2.24, 2.45) is 0 Å². The molecular formula is C10H15N3. The Morgan fingerprint density at radius 2 is 1.92 bits per heavy atom. The summed E-state index contributed by atoms with van der Waals surface area (Å²) in [4.78, 5) is 0. The van der Waals surface area contributed by atoms with Crippen molar-refractivity contribution >= 4 is 0 Å². The monoisotopic (exact) mass is 177 g/mol. The highest BCUT2D eigenvalue weighted by atomic mass is 15.3. The summed E-state index contributed by atoms with van der Waals surface area (Å²) in [5, 5.41) is 8.31. The van der Waals surface area contributed by atoms with Crippen LogP contribution in [0.3, 0.4) is 0 Å². The Morgan fingerprint density at radius 3 is 2.62 bits per heavy atom. The number of aromatic nitrogens is 3. The van der Waals surface area contributed by atoms with Crippen LogP contribution in [-0.2, 0) is 0 Å². The highest BCUT2D eigenvalue weighted by Crippen LogP contribution is 2.40. The summed E-state index contributed by atoms with van der Waals surface area (Å²) in [6, 6.07) is 0.741. The van der Waals surface area contributed by atoms with E-state index in [-0.39, 0.29) is 0 Å². The van der Waals surface area contributed by atoms with Gasteiger partial charge in [-0.15, -0.1) is 10.2 Å². The van der Waals surface area contributed by atoms with Crippen molar-refractivity contribution in [1.29, 1.82) is 0 Å². The molecule has 0 aromatic carbocycles. The molecule has 2 aliphatic rings. The molecule has 0 amide bonds. The summed E-state index contributed by atoms with van der Waals surface area (Å²) in [5.41, 5.74) is 0. The third-order valence-electron chi connectivity index (χ3n) is 3.26. The van der Waals surface area contributed by atoms with Crippen LogP contribution in [0.15, 0.2) is 6.33 Å². The summed E-state index contributed by atoms with van der Waals surface area (Å²) in [5.74, 6) is 1.98. The third-order valence-corrected chi connectivity index (χ3v) is 3.26. The van der Waals surface area contributed by atoms with Gasteiger partial charge in [-0.05, 0) is 25.7 Å². The largest absolute Gasteiger partial charge is 0.314 e. The van der Waals surface area contributed by atoms with E-state index in [1.807, 2.05) is 6.33 Å². The Kier molecular flexibility index (Phi) is 1.64. The Labute approximate surface area is 78.2 Å². The van der Waals surface area contributed by atoms with E-state index in [4.69, 9.17) is 0 Å². The smallest absolute Gasteiger partial charge is 0.136 e. The molecule has 0 bridgehead atoms. The maximum Gasteiger partial charge on any atom is 0.136 e. The van der Waals surface area contributed by atoms with Crippen molar-refractivity contribution in [3.8, 4) is 0 Å². The van der Waals surface area contributed by atoms with E-state index >= 15 is 0 Å². The second-order valence-electron chi connectivity index (χ2n) is 4.31. The first-order chi connectivity index (χ1) is 6.45. The molecular weight excluding hydrogens is 162 g/mol. The fourth-order valence-electron chi connectivity index (χ4n) is 2.36. The van der Waals surface area contributed by atoms with Crippen LogP contribution in [0.4, 0.5) is 0 Å². The number of hydrogen-bond acceptors (Lipinski definition) is 2. The van der Waals surface area contributed by atoms with Crippen LogP contribution < -0.4 is 0 Å². The zero-order valence-corrected chi connectivity index (χ0v) is 7.82. The topological polar surface area (TPSA) is 30.7 Å². The standard InChI is InChI=1S/C10H15N3/c1-2-4-8(3-1)10-12-11-7-13(10)9-5-6-9/h7-9H,1-6H2.